The van der Waals surface area contributed by atoms with E-state index in [-0.39, 0.29) is 22.2 Å². The third kappa shape index (κ3) is 2.93. The van der Waals surface area contributed by atoms with Crippen LogP contribution in [0.1, 0.15) is 5.56 Å². The highest BCUT2D eigenvalue weighted by Crippen LogP contribution is 2.33. The first-order chi connectivity index (χ1) is 9.31. The topological polar surface area (TPSA) is 50.8 Å². The van der Waals surface area contributed by atoms with Gasteiger partial charge in [-0.25, -0.2) is 9.37 Å². The average molecular weight is 305 g/mol. The fourth-order valence-electron chi connectivity index (χ4n) is 1.49. The molecule has 0 spiro atoms. The summed E-state index contributed by atoms with van der Waals surface area (Å²) in [6.07, 6.45) is -4.80. The quantitative estimate of drug-likeness (QED) is 0.683. The molecule has 1 aromatic carbocycles. The Labute approximate surface area is 115 Å². The Kier molecular flexibility index (Phi) is 3.71. The van der Waals surface area contributed by atoms with Crippen molar-refractivity contribution in [3.63, 3.8) is 0 Å². The Morgan fingerprint density at radius 1 is 1.25 bits per heavy atom. The van der Waals surface area contributed by atoms with E-state index >= 15 is 0 Å². The molecule has 0 atom stereocenters. The summed E-state index contributed by atoms with van der Waals surface area (Å²) in [6.45, 7) is 0. The lowest BCUT2D eigenvalue weighted by Gasteiger charge is -2.10. The van der Waals surface area contributed by atoms with Crippen LogP contribution >= 0.6 is 12.2 Å². The molecule has 0 aliphatic heterocycles. The Morgan fingerprint density at radius 2 is 1.95 bits per heavy atom. The number of ether oxygens (including phenoxy) is 1. The van der Waals surface area contributed by atoms with Crippen molar-refractivity contribution < 1.29 is 22.3 Å². The van der Waals surface area contributed by atoms with Crippen molar-refractivity contribution in [3.8, 4) is 17.4 Å². The summed E-state index contributed by atoms with van der Waals surface area (Å²) in [7, 11) is 1.31. The van der Waals surface area contributed by atoms with E-state index in [0.717, 1.165) is 6.07 Å². The molecule has 0 radical (unpaired) electrons. The number of alkyl halides is 3. The molecule has 1 heterocycles. The summed E-state index contributed by atoms with van der Waals surface area (Å²) in [5, 5.41) is 0. The monoisotopic (exact) mass is 305 g/mol. The van der Waals surface area contributed by atoms with Crippen LogP contribution < -0.4 is 4.74 Å². The van der Waals surface area contributed by atoms with E-state index in [2.05, 4.69) is 15.0 Å². The molecule has 4 nitrogen and oxygen atoms in total. The summed E-state index contributed by atoms with van der Waals surface area (Å²) >= 11 is 4.77. The molecule has 0 unspecified atom stereocenters. The molecular formula is C11H7F4N3OS. The molecule has 106 valence electrons. The summed E-state index contributed by atoms with van der Waals surface area (Å²) in [6, 6.07) is 2.50. The number of H-pyrrole nitrogens is 1. The van der Waals surface area contributed by atoms with Gasteiger partial charge in [0.15, 0.2) is 0 Å². The van der Waals surface area contributed by atoms with Crippen LogP contribution in [0.2, 0.25) is 0 Å². The second-order valence-corrected chi connectivity index (χ2v) is 4.05. The number of aromatic nitrogens is 3. The minimum absolute atomic E-state index is 0.00196. The second-order valence-electron chi connectivity index (χ2n) is 3.68. The van der Waals surface area contributed by atoms with Gasteiger partial charge < -0.3 is 4.74 Å². The predicted molar refractivity (Wildman–Crippen MR) is 64.2 cm³/mol. The third-order valence-electron chi connectivity index (χ3n) is 2.37. The smallest absolute Gasteiger partial charge is 0.419 e. The van der Waals surface area contributed by atoms with E-state index in [9.17, 15) is 17.6 Å². The lowest BCUT2D eigenvalue weighted by molar-refractivity contribution is -0.139. The first-order valence-corrected chi connectivity index (χ1v) is 5.61. The van der Waals surface area contributed by atoms with Gasteiger partial charge >= 0.3 is 6.18 Å². The maximum absolute atomic E-state index is 13.2. The zero-order valence-corrected chi connectivity index (χ0v) is 10.8. The van der Waals surface area contributed by atoms with Crippen LogP contribution in [0.4, 0.5) is 17.6 Å². The van der Waals surface area contributed by atoms with Crippen molar-refractivity contribution in [3.05, 3.63) is 34.4 Å². The molecule has 20 heavy (non-hydrogen) atoms. The molecule has 0 aliphatic rings. The minimum Gasteiger partial charge on any atom is -0.468 e. The lowest BCUT2D eigenvalue weighted by Crippen LogP contribution is -2.08. The predicted octanol–water partition coefficient (Wildman–Crippen LogP) is 3.37. The number of rotatable bonds is 2. The molecule has 0 aliphatic carbocycles. The largest absolute Gasteiger partial charge is 0.468 e. The lowest BCUT2D eigenvalue weighted by atomic mass is 10.1. The number of benzene rings is 1. The summed E-state index contributed by atoms with van der Waals surface area (Å²) in [4.78, 5) is 10.0. The standard InChI is InChI=1S/C11H7F4N3OS/c1-19-9-16-8(17-10(20)18-9)5-2-3-7(12)6(4-5)11(13,14)15/h2-4H,1H3,(H,16,17,18,20). The van der Waals surface area contributed by atoms with Crippen molar-refractivity contribution >= 4 is 12.2 Å². The van der Waals surface area contributed by atoms with Crippen LogP contribution in [0.3, 0.4) is 0 Å². The van der Waals surface area contributed by atoms with Crippen LogP contribution in [0.15, 0.2) is 18.2 Å². The number of nitrogens with zero attached hydrogens (tertiary/aromatic N) is 2. The first kappa shape index (κ1) is 14.4. The fraction of sp³-hybridized carbons (Fsp3) is 0.182. The van der Waals surface area contributed by atoms with Crippen LogP contribution in [-0.4, -0.2) is 22.1 Å². The molecule has 0 saturated carbocycles. The minimum atomic E-state index is -4.80. The zero-order valence-electron chi connectivity index (χ0n) is 9.95. The molecular weight excluding hydrogens is 298 g/mol. The van der Waals surface area contributed by atoms with Gasteiger partial charge in [-0.05, 0) is 30.4 Å². The maximum atomic E-state index is 13.2. The van der Waals surface area contributed by atoms with Crippen LogP contribution in [0.25, 0.3) is 11.4 Å². The van der Waals surface area contributed by atoms with Gasteiger partial charge in [0.05, 0.1) is 12.7 Å². The van der Waals surface area contributed by atoms with Crippen molar-refractivity contribution in [2.24, 2.45) is 0 Å². The van der Waals surface area contributed by atoms with Crippen LogP contribution in [0.5, 0.6) is 6.01 Å². The highest BCUT2D eigenvalue weighted by molar-refractivity contribution is 7.71. The molecule has 2 aromatic rings. The summed E-state index contributed by atoms with van der Waals surface area (Å²) in [5.41, 5.74) is -1.36. The van der Waals surface area contributed by atoms with Gasteiger partial charge in [0.2, 0.25) is 4.77 Å². The molecule has 0 bridgehead atoms. The van der Waals surface area contributed by atoms with E-state index in [1.807, 2.05) is 0 Å². The number of hydrogen-bond donors (Lipinski definition) is 1. The van der Waals surface area contributed by atoms with Crippen LogP contribution in [0, 0.1) is 10.6 Å². The Hall–Kier alpha value is -2.03. The Balaban J connectivity index is 2.59. The van der Waals surface area contributed by atoms with E-state index in [1.54, 1.807) is 0 Å². The fourth-order valence-corrected chi connectivity index (χ4v) is 1.66. The first-order valence-electron chi connectivity index (χ1n) is 5.20. The number of halogens is 4. The van der Waals surface area contributed by atoms with Gasteiger partial charge in [-0.3, -0.25) is 4.98 Å². The molecule has 1 N–H and O–H groups in total. The van der Waals surface area contributed by atoms with Crippen molar-refractivity contribution in [1.29, 1.82) is 0 Å². The Bertz CT molecular complexity index is 699. The number of methoxy groups -OCH3 is 1. The molecule has 0 amide bonds. The van der Waals surface area contributed by atoms with Gasteiger partial charge in [-0.15, -0.1) is 0 Å². The van der Waals surface area contributed by atoms with Gasteiger partial charge in [-0.1, -0.05) is 0 Å². The zero-order chi connectivity index (χ0) is 14.9. The molecule has 0 saturated heterocycles. The number of hydrogen-bond acceptors (Lipinski definition) is 4. The van der Waals surface area contributed by atoms with Crippen molar-refractivity contribution in [2.75, 3.05) is 7.11 Å². The highest BCUT2D eigenvalue weighted by Gasteiger charge is 2.34. The SMILES string of the molecule is COc1nc(=S)nc(-c2ccc(F)c(C(F)(F)F)c2)[nH]1. The molecule has 2 rings (SSSR count). The summed E-state index contributed by atoms with van der Waals surface area (Å²) < 4.78 is 55.8. The Morgan fingerprint density at radius 3 is 2.55 bits per heavy atom. The van der Waals surface area contributed by atoms with Gasteiger partial charge in [-0.2, -0.15) is 18.2 Å². The molecule has 1 aromatic heterocycles. The van der Waals surface area contributed by atoms with Crippen LogP contribution in [-0.2, 0) is 6.18 Å². The van der Waals surface area contributed by atoms with E-state index < -0.39 is 17.6 Å². The van der Waals surface area contributed by atoms with Gasteiger partial charge in [0.25, 0.3) is 6.01 Å². The van der Waals surface area contributed by atoms with E-state index in [1.165, 1.54) is 7.11 Å². The summed E-state index contributed by atoms with van der Waals surface area (Å²) in [5.74, 6) is -1.35. The van der Waals surface area contributed by atoms with Crippen molar-refractivity contribution in [1.82, 2.24) is 15.0 Å². The normalized spacial score (nSPS) is 11.4. The van der Waals surface area contributed by atoms with E-state index in [0.29, 0.717) is 12.1 Å². The number of nitrogens with one attached hydrogen (secondary N) is 1. The average Bonchev–Trinajstić information content (AvgIpc) is 2.37. The van der Waals surface area contributed by atoms with Crippen molar-refractivity contribution in [2.45, 2.75) is 6.18 Å². The highest BCUT2D eigenvalue weighted by atomic mass is 32.1. The second kappa shape index (κ2) is 5.16. The van der Waals surface area contributed by atoms with E-state index in [4.69, 9.17) is 17.0 Å². The van der Waals surface area contributed by atoms with Gasteiger partial charge in [0.1, 0.15) is 11.6 Å². The molecule has 9 heteroatoms. The maximum Gasteiger partial charge on any atom is 0.419 e. The van der Waals surface area contributed by atoms with Gasteiger partial charge in [0, 0.05) is 5.56 Å². The number of aromatic amines is 1. The third-order valence-corrected chi connectivity index (χ3v) is 2.55. The molecule has 0 fully saturated rings.